The summed E-state index contributed by atoms with van der Waals surface area (Å²) in [5.74, 6) is -0.104. The lowest BCUT2D eigenvalue weighted by Gasteiger charge is -2.14. The molecule has 1 aromatic heterocycles. The monoisotopic (exact) mass is 258 g/mol. The van der Waals surface area contributed by atoms with E-state index in [1.54, 1.807) is 0 Å². The maximum absolute atomic E-state index is 13.2. The lowest BCUT2D eigenvalue weighted by Crippen LogP contribution is -2.30. The van der Waals surface area contributed by atoms with Crippen LogP contribution in [0.2, 0.25) is 0 Å². The van der Waals surface area contributed by atoms with Crippen LogP contribution in [0.1, 0.15) is 30.1 Å². The van der Waals surface area contributed by atoms with Crippen molar-refractivity contribution < 1.29 is 9.18 Å². The highest BCUT2D eigenvalue weighted by Crippen LogP contribution is 2.09. The van der Waals surface area contributed by atoms with Gasteiger partial charge in [0, 0.05) is 18.6 Å². The number of hydrogen-bond donors (Lipinski definition) is 1. The number of nitrogens with one attached hydrogen (secondary N) is 1. The Morgan fingerprint density at radius 1 is 1.65 bits per heavy atom. The molecule has 17 heavy (non-hydrogen) atoms. The summed E-state index contributed by atoms with van der Waals surface area (Å²) in [6.07, 6.45) is 4.21. The zero-order valence-electron chi connectivity index (χ0n) is 9.75. The topological polar surface area (TPSA) is 42.0 Å². The van der Waals surface area contributed by atoms with Crippen LogP contribution in [0.5, 0.6) is 0 Å². The fraction of sp³-hybridized carbons (Fsp3) is 0.500. The van der Waals surface area contributed by atoms with Gasteiger partial charge < -0.3 is 5.32 Å². The van der Waals surface area contributed by atoms with E-state index in [1.807, 2.05) is 6.92 Å². The third-order valence-corrected chi connectivity index (χ3v) is 2.88. The first-order valence-corrected chi connectivity index (χ1v) is 6.16. The van der Waals surface area contributed by atoms with Crippen molar-refractivity contribution in [1.82, 2.24) is 10.3 Å². The van der Waals surface area contributed by atoms with Gasteiger partial charge in [0.15, 0.2) is 5.82 Å². The molecule has 0 bridgehead atoms. The zero-order valence-corrected chi connectivity index (χ0v) is 10.5. The van der Waals surface area contributed by atoms with E-state index in [0.717, 1.165) is 19.0 Å². The molecule has 0 saturated heterocycles. The van der Waals surface area contributed by atoms with Gasteiger partial charge in [-0.1, -0.05) is 13.3 Å². The molecule has 0 spiro atoms. The van der Waals surface area contributed by atoms with Gasteiger partial charge in [-0.05, 0) is 18.4 Å². The summed E-state index contributed by atoms with van der Waals surface area (Å²) >= 11 is 5.65. The van der Waals surface area contributed by atoms with Crippen LogP contribution in [0.3, 0.4) is 0 Å². The van der Waals surface area contributed by atoms with Crippen LogP contribution in [0.4, 0.5) is 4.39 Å². The smallest absolute Gasteiger partial charge is 0.254 e. The molecule has 1 N–H and O–H groups in total. The van der Waals surface area contributed by atoms with E-state index in [4.69, 9.17) is 11.6 Å². The zero-order chi connectivity index (χ0) is 12.7. The van der Waals surface area contributed by atoms with Gasteiger partial charge >= 0.3 is 0 Å². The summed E-state index contributed by atoms with van der Waals surface area (Å²) in [6, 6.07) is 1.37. The third-order valence-electron chi connectivity index (χ3n) is 2.66. The number of carbonyl (C=O) groups is 1. The standard InChI is InChI=1S/C12H16ClFN2O/c1-2-9(3-5-13)7-16-12(17)10-4-6-15-8-11(10)14/h4,6,8-9H,2-3,5,7H2,1H3,(H,16,17). The van der Waals surface area contributed by atoms with Crippen LogP contribution in [-0.2, 0) is 0 Å². The molecule has 0 aliphatic heterocycles. The van der Waals surface area contributed by atoms with Crippen molar-refractivity contribution in [3.05, 3.63) is 29.8 Å². The summed E-state index contributed by atoms with van der Waals surface area (Å²) < 4.78 is 13.2. The summed E-state index contributed by atoms with van der Waals surface area (Å²) in [7, 11) is 0. The van der Waals surface area contributed by atoms with Gasteiger partial charge in [0.25, 0.3) is 5.91 Å². The van der Waals surface area contributed by atoms with E-state index in [2.05, 4.69) is 10.3 Å². The molecule has 5 heteroatoms. The first-order valence-electron chi connectivity index (χ1n) is 5.62. The number of aromatic nitrogens is 1. The SMILES string of the molecule is CCC(CCCl)CNC(=O)c1ccncc1F. The van der Waals surface area contributed by atoms with Crippen LogP contribution in [0.15, 0.2) is 18.5 Å². The normalized spacial score (nSPS) is 12.2. The highest BCUT2D eigenvalue weighted by atomic mass is 35.5. The van der Waals surface area contributed by atoms with E-state index in [0.29, 0.717) is 18.3 Å². The molecule has 1 amide bonds. The first kappa shape index (κ1) is 13.9. The number of alkyl halides is 1. The minimum atomic E-state index is -0.601. The van der Waals surface area contributed by atoms with Crippen molar-refractivity contribution in [3.63, 3.8) is 0 Å². The van der Waals surface area contributed by atoms with Gasteiger partial charge in [-0.15, -0.1) is 11.6 Å². The van der Waals surface area contributed by atoms with E-state index < -0.39 is 11.7 Å². The molecule has 1 aromatic rings. The number of amides is 1. The van der Waals surface area contributed by atoms with Gasteiger partial charge in [-0.2, -0.15) is 0 Å². The van der Waals surface area contributed by atoms with Crippen LogP contribution < -0.4 is 5.32 Å². The molecule has 94 valence electrons. The molecule has 0 aromatic carbocycles. The van der Waals surface area contributed by atoms with Crippen molar-refractivity contribution in [2.45, 2.75) is 19.8 Å². The van der Waals surface area contributed by atoms with Crippen LogP contribution >= 0.6 is 11.6 Å². The van der Waals surface area contributed by atoms with Crippen LogP contribution in [0, 0.1) is 11.7 Å². The van der Waals surface area contributed by atoms with E-state index in [-0.39, 0.29) is 5.56 Å². The maximum Gasteiger partial charge on any atom is 0.254 e. The number of halogens is 2. The number of nitrogens with zero attached hydrogens (tertiary/aromatic N) is 1. The van der Waals surface area contributed by atoms with Crippen molar-refractivity contribution >= 4 is 17.5 Å². The molecular weight excluding hydrogens is 243 g/mol. The van der Waals surface area contributed by atoms with Gasteiger partial charge in [-0.25, -0.2) is 4.39 Å². The van der Waals surface area contributed by atoms with Crippen LogP contribution in [-0.4, -0.2) is 23.3 Å². The molecule has 0 saturated carbocycles. The van der Waals surface area contributed by atoms with Crippen molar-refractivity contribution in [3.8, 4) is 0 Å². The predicted octanol–water partition coefficient (Wildman–Crippen LogP) is 2.61. The molecule has 3 nitrogen and oxygen atoms in total. The molecule has 0 fully saturated rings. The Bertz CT molecular complexity index is 373. The average molecular weight is 259 g/mol. The average Bonchev–Trinajstić information content (AvgIpc) is 2.34. The number of pyridine rings is 1. The van der Waals surface area contributed by atoms with E-state index in [1.165, 1.54) is 12.3 Å². The summed E-state index contributed by atoms with van der Waals surface area (Å²) in [6.45, 7) is 2.56. The summed E-state index contributed by atoms with van der Waals surface area (Å²) in [5, 5.41) is 2.71. The Morgan fingerprint density at radius 2 is 2.41 bits per heavy atom. The van der Waals surface area contributed by atoms with E-state index in [9.17, 15) is 9.18 Å². The quantitative estimate of drug-likeness (QED) is 0.797. The largest absolute Gasteiger partial charge is 0.352 e. The van der Waals surface area contributed by atoms with E-state index >= 15 is 0 Å². The minimum absolute atomic E-state index is 0.0285. The molecular formula is C12H16ClFN2O. The van der Waals surface area contributed by atoms with Crippen molar-refractivity contribution in [1.29, 1.82) is 0 Å². The predicted molar refractivity (Wildman–Crippen MR) is 65.6 cm³/mol. The van der Waals surface area contributed by atoms with Gasteiger partial charge in [0.2, 0.25) is 0 Å². The highest BCUT2D eigenvalue weighted by Gasteiger charge is 2.13. The molecule has 0 aliphatic rings. The molecule has 1 atom stereocenters. The molecule has 1 unspecified atom stereocenters. The fourth-order valence-corrected chi connectivity index (χ4v) is 1.81. The summed E-state index contributed by atoms with van der Waals surface area (Å²) in [5.41, 5.74) is 0.0285. The maximum atomic E-state index is 13.2. The highest BCUT2D eigenvalue weighted by molar-refractivity contribution is 6.17. The second-order valence-corrected chi connectivity index (χ2v) is 4.20. The molecule has 0 radical (unpaired) electrons. The molecule has 1 heterocycles. The second-order valence-electron chi connectivity index (χ2n) is 3.82. The Hall–Kier alpha value is -1.16. The van der Waals surface area contributed by atoms with Gasteiger partial charge in [-0.3, -0.25) is 9.78 Å². The second kappa shape index (κ2) is 7.22. The number of rotatable bonds is 6. The summed E-state index contributed by atoms with van der Waals surface area (Å²) in [4.78, 5) is 15.3. The first-order chi connectivity index (χ1) is 8.19. The van der Waals surface area contributed by atoms with Crippen molar-refractivity contribution in [2.75, 3.05) is 12.4 Å². The lowest BCUT2D eigenvalue weighted by molar-refractivity contribution is 0.0942. The third kappa shape index (κ3) is 4.30. The van der Waals surface area contributed by atoms with Gasteiger partial charge in [0.05, 0.1) is 11.8 Å². The number of hydrogen-bond acceptors (Lipinski definition) is 2. The Labute approximate surface area is 105 Å². The minimum Gasteiger partial charge on any atom is -0.352 e. The number of carbonyl (C=O) groups excluding carboxylic acids is 1. The van der Waals surface area contributed by atoms with Crippen LogP contribution in [0.25, 0.3) is 0 Å². The fourth-order valence-electron chi connectivity index (χ4n) is 1.50. The Kier molecular flexibility index (Phi) is 5.91. The van der Waals surface area contributed by atoms with Crippen molar-refractivity contribution in [2.24, 2.45) is 5.92 Å². The van der Waals surface area contributed by atoms with Gasteiger partial charge in [0.1, 0.15) is 0 Å². The molecule has 0 aliphatic carbocycles. The molecule has 1 rings (SSSR count). The lowest BCUT2D eigenvalue weighted by atomic mass is 10.0. The Balaban J connectivity index is 2.52. The Morgan fingerprint density at radius 3 is 3.00 bits per heavy atom.